The highest BCUT2D eigenvalue weighted by atomic mass is 16.1. The molecule has 94 valence electrons. The molecule has 3 nitrogen and oxygen atoms in total. The summed E-state index contributed by atoms with van der Waals surface area (Å²) in [5, 5.41) is 2.18. The Morgan fingerprint density at radius 1 is 1.05 bits per heavy atom. The Bertz CT molecular complexity index is 848. The van der Waals surface area contributed by atoms with Crippen LogP contribution in [0, 0.1) is 0 Å². The Morgan fingerprint density at radius 2 is 1.89 bits per heavy atom. The topological polar surface area (TPSA) is 34.4 Å². The van der Waals surface area contributed by atoms with Gasteiger partial charge in [-0.15, -0.1) is 0 Å². The van der Waals surface area contributed by atoms with E-state index in [-0.39, 0.29) is 5.56 Å². The van der Waals surface area contributed by atoms with E-state index < -0.39 is 0 Å². The van der Waals surface area contributed by atoms with Crippen LogP contribution in [0.15, 0.2) is 41.3 Å². The van der Waals surface area contributed by atoms with Crippen LogP contribution in [0.4, 0.5) is 0 Å². The van der Waals surface area contributed by atoms with Gasteiger partial charge in [0.2, 0.25) is 0 Å². The zero-order chi connectivity index (χ0) is 12.8. The van der Waals surface area contributed by atoms with Gasteiger partial charge in [0.15, 0.2) is 0 Å². The van der Waals surface area contributed by atoms with Crippen molar-refractivity contribution in [1.29, 1.82) is 0 Å². The summed E-state index contributed by atoms with van der Waals surface area (Å²) in [6, 6.07) is 10.2. The Kier molecular flexibility index (Phi) is 2.21. The van der Waals surface area contributed by atoms with E-state index >= 15 is 0 Å². The van der Waals surface area contributed by atoms with E-state index in [9.17, 15) is 4.79 Å². The van der Waals surface area contributed by atoms with E-state index in [0.29, 0.717) is 0 Å². The van der Waals surface area contributed by atoms with Crippen LogP contribution in [0.3, 0.4) is 0 Å². The van der Waals surface area contributed by atoms with Crippen LogP contribution >= 0.6 is 0 Å². The first-order valence-electron chi connectivity index (χ1n) is 6.76. The van der Waals surface area contributed by atoms with Crippen molar-refractivity contribution < 1.29 is 0 Å². The molecule has 0 spiro atoms. The number of aromatic nitrogens is 2. The summed E-state index contributed by atoms with van der Waals surface area (Å²) in [5.41, 5.74) is 2.83. The molecule has 0 saturated carbocycles. The van der Waals surface area contributed by atoms with E-state index in [0.717, 1.165) is 53.4 Å². The molecule has 0 fully saturated rings. The Labute approximate surface area is 110 Å². The van der Waals surface area contributed by atoms with Crippen LogP contribution in [-0.2, 0) is 12.8 Å². The summed E-state index contributed by atoms with van der Waals surface area (Å²) < 4.78 is 2.11. The van der Waals surface area contributed by atoms with Crippen molar-refractivity contribution in [1.82, 2.24) is 9.38 Å². The molecule has 0 saturated heterocycles. The molecule has 0 unspecified atom stereocenters. The highest BCUT2D eigenvalue weighted by Gasteiger charge is 2.17. The van der Waals surface area contributed by atoms with E-state index in [1.165, 1.54) is 0 Å². The smallest absolute Gasteiger partial charge is 0.276 e. The van der Waals surface area contributed by atoms with Crippen molar-refractivity contribution in [3.05, 3.63) is 58.1 Å². The van der Waals surface area contributed by atoms with Gasteiger partial charge in [0.1, 0.15) is 5.65 Å². The van der Waals surface area contributed by atoms with Crippen LogP contribution in [0.2, 0.25) is 0 Å². The molecule has 2 heterocycles. The third-order valence-corrected chi connectivity index (χ3v) is 4.03. The minimum atomic E-state index is -0.0361. The molecule has 0 bridgehead atoms. The quantitative estimate of drug-likeness (QED) is 0.575. The van der Waals surface area contributed by atoms with Crippen molar-refractivity contribution in [3.8, 4) is 0 Å². The molecule has 0 atom stereocenters. The Morgan fingerprint density at radius 3 is 2.84 bits per heavy atom. The number of hydrogen-bond donors (Lipinski definition) is 0. The average molecular weight is 250 g/mol. The third kappa shape index (κ3) is 1.51. The van der Waals surface area contributed by atoms with Crippen molar-refractivity contribution in [2.75, 3.05) is 0 Å². The third-order valence-electron chi connectivity index (χ3n) is 4.03. The number of pyridine rings is 1. The molecule has 3 aromatic rings. The summed E-state index contributed by atoms with van der Waals surface area (Å²) in [6.07, 6.45) is 6.16. The second kappa shape index (κ2) is 3.92. The van der Waals surface area contributed by atoms with Crippen molar-refractivity contribution in [2.45, 2.75) is 25.7 Å². The minimum Gasteiger partial charge on any atom is -0.305 e. The highest BCUT2D eigenvalue weighted by Crippen LogP contribution is 2.23. The van der Waals surface area contributed by atoms with Crippen LogP contribution < -0.4 is 5.56 Å². The van der Waals surface area contributed by atoms with Gasteiger partial charge in [0, 0.05) is 22.8 Å². The molecule has 1 aromatic carbocycles. The lowest BCUT2D eigenvalue weighted by atomic mass is 9.96. The molecule has 0 N–H and O–H groups in total. The first kappa shape index (κ1) is 10.7. The zero-order valence-electron chi connectivity index (χ0n) is 10.6. The molecule has 4 rings (SSSR count). The van der Waals surface area contributed by atoms with Gasteiger partial charge >= 0.3 is 0 Å². The lowest BCUT2D eigenvalue weighted by molar-refractivity contribution is 0.649. The van der Waals surface area contributed by atoms with Crippen LogP contribution in [0.25, 0.3) is 16.4 Å². The van der Waals surface area contributed by atoms with Crippen LogP contribution in [0.1, 0.15) is 24.1 Å². The fourth-order valence-electron chi connectivity index (χ4n) is 3.08. The normalized spacial score (nSPS) is 14.7. The number of rotatable bonds is 0. The summed E-state index contributed by atoms with van der Waals surface area (Å²) in [4.78, 5) is 16.5. The van der Waals surface area contributed by atoms with Gasteiger partial charge in [-0.2, -0.15) is 4.98 Å². The predicted molar refractivity (Wildman–Crippen MR) is 75.6 cm³/mol. The van der Waals surface area contributed by atoms with Gasteiger partial charge < -0.3 is 4.40 Å². The molecule has 3 heteroatoms. The molecule has 0 radical (unpaired) electrons. The second-order valence-electron chi connectivity index (χ2n) is 5.15. The summed E-state index contributed by atoms with van der Waals surface area (Å²) in [5.74, 6) is 0. The molecule has 2 aromatic heterocycles. The maximum Gasteiger partial charge on any atom is 0.276 e. The van der Waals surface area contributed by atoms with Gasteiger partial charge in [0.05, 0.1) is 0 Å². The monoisotopic (exact) mass is 250 g/mol. The first-order chi connectivity index (χ1) is 9.34. The van der Waals surface area contributed by atoms with E-state index in [4.69, 9.17) is 0 Å². The van der Waals surface area contributed by atoms with Gasteiger partial charge in [-0.25, -0.2) is 0 Å². The Hall–Kier alpha value is -2.16. The maximum absolute atomic E-state index is 12.2. The van der Waals surface area contributed by atoms with Gasteiger partial charge in [-0.1, -0.05) is 24.3 Å². The molecular weight excluding hydrogens is 236 g/mol. The van der Waals surface area contributed by atoms with Gasteiger partial charge in [-0.05, 0) is 37.1 Å². The van der Waals surface area contributed by atoms with E-state index in [1.54, 1.807) is 0 Å². The summed E-state index contributed by atoms with van der Waals surface area (Å²) in [6.45, 7) is 0. The largest absolute Gasteiger partial charge is 0.305 e. The van der Waals surface area contributed by atoms with Gasteiger partial charge in [-0.3, -0.25) is 4.79 Å². The number of fused-ring (bicyclic) bond motifs is 5. The number of aryl methyl sites for hydroxylation is 1. The van der Waals surface area contributed by atoms with Crippen molar-refractivity contribution >= 4 is 16.4 Å². The van der Waals surface area contributed by atoms with Crippen LogP contribution in [0.5, 0.6) is 0 Å². The fraction of sp³-hybridized carbons (Fsp3) is 0.250. The molecular formula is C16H14N2O. The molecule has 0 amide bonds. The van der Waals surface area contributed by atoms with Crippen LogP contribution in [-0.4, -0.2) is 9.38 Å². The first-order valence-corrected chi connectivity index (χ1v) is 6.76. The van der Waals surface area contributed by atoms with Crippen molar-refractivity contribution in [3.63, 3.8) is 0 Å². The van der Waals surface area contributed by atoms with Crippen molar-refractivity contribution in [2.24, 2.45) is 0 Å². The molecule has 1 aliphatic carbocycles. The van der Waals surface area contributed by atoms with E-state index in [1.807, 2.05) is 24.4 Å². The number of benzene rings is 1. The number of nitrogens with zero attached hydrogens (tertiary/aromatic N) is 2. The Balaban J connectivity index is 2.22. The minimum absolute atomic E-state index is 0.0361. The molecule has 19 heavy (non-hydrogen) atoms. The zero-order valence-corrected chi connectivity index (χ0v) is 10.6. The lowest BCUT2D eigenvalue weighted by Crippen LogP contribution is -2.23. The average Bonchev–Trinajstić information content (AvgIpc) is 2.47. The molecule has 0 aliphatic heterocycles. The lowest BCUT2D eigenvalue weighted by Gasteiger charge is -2.18. The molecule has 1 aliphatic rings. The fourth-order valence-corrected chi connectivity index (χ4v) is 3.08. The standard InChI is InChI=1S/C16H14N2O/c19-16-13-7-3-4-8-14(13)18-10-9-11-5-1-2-6-12(11)15(18)17-16/h1-2,5-6,9-10H,3-4,7-8H2. The van der Waals surface area contributed by atoms with Gasteiger partial charge in [0.25, 0.3) is 5.56 Å². The number of hydrogen-bond acceptors (Lipinski definition) is 2. The summed E-state index contributed by atoms with van der Waals surface area (Å²) >= 11 is 0. The summed E-state index contributed by atoms with van der Waals surface area (Å²) in [7, 11) is 0. The second-order valence-corrected chi connectivity index (χ2v) is 5.15. The van der Waals surface area contributed by atoms with E-state index in [2.05, 4.69) is 21.5 Å². The highest BCUT2D eigenvalue weighted by molar-refractivity contribution is 5.93. The predicted octanol–water partition coefficient (Wildman–Crippen LogP) is 2.73. The maximum atomic E-state index is 12.2. The SMILES string of the molecule is O=c1nc2c3ccccc3ccn2c2c1CCCC2.